The highest BCUT2D eigenvalue weighted by atomic mass is 31.2. The number of hydrogen-bond acceptors (Lipinski definition) is 15. The van der Waals surface area contributed by atoms with E-state index in [4.69, 9.17) is 37.0 Å². The van der Waals surface area contributed by atoms with Gasteiger partial charge in [-0.15, -0.1) is 0 Å². The molecule has 3 N–H and O–H groups in total. The van der Waals surface area contributed by atoms with Gasteiger partial charge in [0.1, 0.15) is 19.3 Å². The Labute approximate surface area is 600 Å². The number of carbonyl (C=O) groups is 4. The number of rotatable bonds is 78. The summed E-state index contributed by atoms with van der Waals surface area (Å²) in [6.07, 6.45) is 59.8. The molecule has 0 aliphatic heterocycles. The second kappa shape index (κ2) is 70.7. The molecule has 0 amide bonds. The summed E-state index contributed by atoms with van der Waals surface area (Å²) in [6, 6.07) is 0. The second-order valence-electron chi connectivity index (χ2n) is 29.2. The average molecular weight is 1440 g/mol. The Kier molecular flexibility index (Phi) is 69.3. The van der Waals surface area contributed by atoms with E-state index in [1.807, 2.05) is 0 Å². The fraction of sp³-hybridized carbons (Fsp3) is 0.949. The molecule has 0 fully saturated rings. The third-order valence-electron chi connectivity index (χ3n) is 18.8. The summed E-state index contributed by atoms with van der Waals surface area (Å²) in [4.78, 5) is 72.9. The molecule has 0 aliphatic carbocycles. The normalized spacial score (nSPS) is 14.2. The van der Waals surface area contributed by atoms with Crippen LogP contribution in [-0.4, -0.2) is 96.7 Å². The van der Waals surface area contributed by atoms with Crippen molar-refractivity contribution < 1.29 is 80.2 Å². The summed E-state index contributed by atoms with van der Waals surface area (Å²) >= 11 is 0. The van der Waals surface area contributed by atoms with Crippen LogP contribution in [-0.2, 0) is 65.4 Å². The lowest BCUT2D eigenvalue weighted by molar-refractivity contribution is -0.161. The number of esters is 4. The highest BCUT2D eigenvalue weighted by Gasteiger charge is 2.30. The number of ether oxygens (including phenoxy) is 4. The third kappa shape index (κ3) is 71.1. The molecule has 0 aromatic heterocycles. The SMILES string of the molecule is CCCCCCCCCCCCCCCCCCCCCC(=O)O[C@H](COC(=O)CCCCCCCCCCCCCCCCC(C)CC)COP(=O)(O)OC[C@@H](O)COP(=O)(O)OC[C@@H](COC(=O)CCCCCCCCC(C)C)OC(=O)CCCCCCCCCCCCCC. The number of hydrogen-bond donors (Lipinski definition) is 3. The van der Waals surface area contributed by atoms with E-state index in [9.17, 15) is 43.2 Å². The van der Waals surface area contributed by atoms with Gasteiger partial charge in [0, 0.05) is 25.7 Å². The average Bonchev–Trinajstić information content (AvgIpc) is 1.10. The van der Waals surface area contributed by atoms with Crippen molar-refractivity contribution in [1.82, 2.24) is 0 Å². The van der Waals surface area contributed by atoms with Gasteiger partial charge in [0.25, 0.3) is 0 Å². The number of phosphoric ester groups is 2. The van der Waals surface area contributed by atoms with Crippen molar-refractivity contribution in [2.75, 3.05) is 39.6 Å². The van der Waals surface area contributed by atoms with E-state index in [1.165, 1.54) is 225 Å². The number of carbonyl (C=O) groups excluding carboxylic acids is 4. The van der Waals surface area contributed by atoms with Crippen molar-refractivity contribution in [3.63, 3.8) is 0 Å². The zero-order valence-corrected chi connectivity index (χ0v) is 65.9. The quantitative estimate of drug-likeness (QED) is 0.0222. The lowest BCUT2D eigenvalue weighted by Crippen LogP contribution is -2.30. The lowest BCUT2D eigenvalue weighted by atomic mass is 9.99. The molecule has 0 aromatic carbocycles. The molecule has 0 aromatic rings. The maximum atomic E-state index is 13.1. The summed E-state index contributed by atoms with van der Waals surface area (Å²) in [5.74, 6) is -0.583. The van der Waals surface area contributed by atoms with Gasteiger partial charge in [-0.05, 0) is 37.5 Å². The Balaban J connectivity index is 5.22. The van der Waals surface area contributed by atoms with Crippen LogP contribution in [0.3, 0.4) is 0 Å². The smallest absolute Gasteiger partial charge is 0.462 e. The third-order valence-corrected chi connectivity index (χ3v) is 20.7. The van der Waals surface area contributed by atoms with Crippen molar-refractivity contribution in [2.45, 2.75) is 432 Å². The van der Waals surface area contributed by atoms with E-state index in [2.05, 4.69) is 41.5 Å². The van der Waals surface area contributed by atoms with Crippen LogP contribution in [0.15, 0.2) is 0 Å². The van der Waals surface area contributed by atoms with Gasteiger partial charge in [-0.3, -0.25) is 37.3 Å². The molecule has 3 unspecified atom stereocenters. The number of aliphatic hydroxyl groups excluding tert-OH is 1. The Morgan fingerprint density at radius 2 is 0.520 bits per heavy atom. The topological polar surface area (TPSA) is 237 Å². The summed E-state index contributed by atoms with van der Waals surface area (Å²) < 4.78 is 68.6. The predicted molar refractivity (Wildman–Crippen MR) is 400 cm³/mol. The van der Waals surface area contributed by atoms with Gasteiger partial charge in [-0.25, -0.2) is 9.13 Å². The van der Waals surface area contributed by atoms with Gasteiger partial charge in [-0.1, -0.05) is 363 Å². The number of unbranched alkanes of at least 4 members (excludes halogenated alkanes) is 47. The van der Waals surface area contributed by atoms with Crippen molar-refractivity contribution in [1.29, 1.82) is 0 Å². The van der Waals surface area contributed by atoms with E-state index in [0.717, 1.165) is 102 Å². The molecular formula is C79H154O17P2. The van der Waals surface area contributed by atoms with Gasteiger partial charge >= 0.3 is 39.5 Å². The Morgan fingerprint density at radius 1 is 0.296 bits per heavy atom. The van der Waals surface area contributed by atoms with Gasteiger partial charge in [-0.2, -0.15) is 0 Å². The molecule has 0 heterocycles. The maximum absolute atomic E-state index is 13.1. The largest absolute Gasteiger partial charge is 0.472 e. The van der Waals surface area contributed by atoms with Crippen molar-refractivity contribution >= 4 is 39.5 Å². The van der Waals surface area contributed by atoms with E-state index in [1.54, 1.807) is 0 Å². The molecule has 0 bridgehead atoms. The van der Waals surface area contributed by atoms with Crippen LogP contribution in [0.5, 0.6) is 0 Å². The lowest BCUT2D eigenvalue weighted by Gasteiger charge is -2.21. The minimum atomic E-state index is -4.96. The molecule has 98 heavy (non-hydrogen) atoms. The molecule has 0 rings (SSSR count). The van der Waals surface area contributed by atoms with Crippen LogP contribution in [0.25, 0.3) is 0 Å². The van der Waals surface area contributed by atoms with E-state index >= 15 is 0 Å². The van der Waals surface area contributed by atoms with E-state index in [0.29, 0.717) is 31.6 Å². The first-order valence-electron chi connectivity index (χ1n) is 41.0. The zero-order valence-electron chi connectivity index (χ0n) is 64.1. The van der Waals surface area contributed by atoms with Crippen LogP contribution in [0.2, 0.25) is 0 Å². The first kappa shape index (κ1) is 96.1. The molecular weight excluding hydrogens is 1280 g/mol. The van der Waals surface area contributed by atoms with Crippen molar-refractivity contribution in [3.05, 3.63) is 0 Å². The van der Waals surface area contributed by atoms with Gasteiger partial charge < -0.3 is 33.8 Å². The summed E-state index contributed by atoms with van der Waals surface area (Å²) in [6.45, 7) is 9.59. The van der Waals surface area contributed by atoms with Crippen molar-refractivity contribution in [2.24, 2.45) is 11.8 Å². The zero-order chi connectivity index (χ0) is 72.1. The van der Waals surface area contributed by atoms with Crippen molar-refractivity contribution in [3.8, 4) is 0 Å². The van der Waals surface area contributed by atoms with E-state index in [-0.39, 0.29) is 25.7 Å². The Hall–Kier alpha value is -1.94. The molecule has 0 spiro atoms. The summed E-state index contributed by atoms with van der Waals surface area (Å²) in [5, 5.41) is 10.6. The van der Waals surface area contributed by atoms with Crippen LogP contribution >= 0.6 is 15.6 Å². The summed E-state index contributed by atoms with van der Waals surface area (Å²) in [7, 11) is -9.91. The monoisotopic (exact) mass is 1440 g/mol. The van der Waals surface area contributed by atoms with Crippen LogP contribution in [0, 0.1) is 11.8 Å². The van der Waals surface area contributed by atoms with Crippen LogP contribution in [0.4, 0.5) is 0 Å². The van der Waals surface area contributed by atoms with Gasteiger partial charge in [0.05, 0.1) is 26.4 Å². The number of phosphoric acid groups is 2. The van der Waals surface area contributed by atoms with E-state index < -0.39 is 97.5 Å². The highest BCUT2D eigenvalue weighted by Crippen LogP contribution is 2.45. The molecule has 17 nitrogen and oxygen atoms in total. The Morgan fingerprint density at radius 3 is 0.776 bits per heavy atom. The highest BCUT2D eigenvalue weighted by molar-refractivity contribution is 7.47. The van der Waals surface area contributed by atoms with Gasteiger partial charge in [0.2, 0.25) is 0 Å². The van der Waals surface area contributed by atoms with Crippen LogP contribution < -0.4 is 0 Å². The summed E-state index contributed by atoms with van der Waals surface area (Å²) in [5.41, 5.74) is 0. The first-order valence-corrected chi connectivity index (χ1v) is 44.0. The molecule has 19 heteroatoms. The molecule has 582 valence electrons. The molecule has 0 saturated heterocycles. The molecule has 6 atom stereocenters. The minimum absolute atomic E-state index is 0.106. The standard InChI is InChI=1S/C79H154O17P2/c1-7-10-12-14-16-18-20-22-23-24-25-26-27-32-36-40-44-52-58-64-79(84)95-74(67-89-76(81)61-55-49-42-38-35-31-29-28-30-33-37-41-48-54-60-72(6)9-3)69-93-97(85,86)91-65-73(80)66-92-98(87,88)94-70-75(68-90-77(82)62-56-50-46-45-47-53-59-71(4)5)96-78(83)63-57-51-43-39-34-21-19-17-15-13-11-8-2/h71-75,80H,7-70H2,1-6H3,(H,85,86)(H,87,88)/t72?,73-,74-,75-/m1/s1. The second-order valence-corrected chi connectivity index (χ2v) is 32.1. The fourth-order valence-corrected chi connectivity index (χ4v) is 13.7. The fourth-order valence-electron chi connectivity index (χ4n) is 12.2. The Bertz CT molecular complexity index is 1890. The molecule has 0 saturated carbocycles. The number of aliphatic hydroxyl groups is 1. The molecule has 0 radical (unpaired) electrons. The minimum Gasteiger partial charge on any atom is -0.462 e. The predicted octanol–water partition coefficient (Wildman–Crippen LogP) is 23.5. The van der Waals surface area contributed by atoms with Crippen LogP contribution in [0.1, 0.15) is 414 Å². The molecule has 0 aliphatic rings. The first-order chi connectivity index (χ1) is 47.4. The van der Waals surface area contributed by atoms with Gasteiger partial charge in [0.15, 0.2) is 12.2 Å². The maximum Gasteiger partial charge on any atom is 0.472 e.